The van der Waals surface area contributed by atoms with E-state index in [1.165, 1.54) is 11.1 Å². The number of aryl methyl sites for hydroxylation is 2. The lowest BCUT2D eigenvalue weighted by atomic mass is 10.0. The first-order chi connectivity index (χ1) is 7.17. The number of benzene rings is 1. The lowest BCUT2D eigenvalue weighted by Crippen LogP contribution is -2.17. The predicted octanol–water partition coefficient (Wildman–Crippen LogP) is 2.37. The van der Waals surface area contributed by atoms with E-state index in [9.17, 15) is 4.79 Å². The van der Waals surface area contributed by atoms with E-state index >= 15 is 0 Å². The van der Waals surface area contributed by atoms with Gasteiger partial charge in [-0.3, -0.25) is 5.32 Å². The maximum absolute atomic E-state index is 10.9. The normalized spacial score (nSPS) is 9.80. The van der Waals surface area contributed by atoms with Gasteiger partial charge in [0, 0.05) is 5.69 Å². The van der Waals surface area contributed by atoms with E-state index in [0.717, 1.165) is 12.8 Å². The average molecular weight is 208 g/mol. The number of rotatable bonds is 3. The minimum absolute atomic E-state index is 0.652. The molecule has 0 aliphatic carbocycles. The Kier molecular flexibility index (Phi) is 4.12. The molecule has 0 unspecified atom stereocenters. The average Bonchev–Trinajstić information content (AvgIpc) is 2.23. The zero-order valence-electron chi connectivity index (χ0n) is 9.04. The molecule has 0 radical (unpaired) electrons. The summed E-state index contributed by atoms with van der Waals surface area (Å²) in [4.78, 5) is 14.9. The summed E-state index contributed by atoms with van der Waals surface area (Å²) in [6.07, 6.45) is 1.42. The van der Waals surface area contributed by atoms with Crippen molar-refractivity contribution < 1.29 is 9.63 Å². The van der Waals surface area contributed by atoms with Crippen LogP contribution < -0.4 is 11.2 Å². The molecular formula is C11H16N2O2. The van der Waals surface area contributed by atoms with Crippen LogP contribution in [-0.2, 0) is 11.3 Å². The molecule has 0 saturated heterocycles. The van der Waals surface area contributed by atoms with Crippen molar-refractivity contribution >= 4 is 11.8 Å². The topological polar surface area (TPSA) is 64.3 Å². The van der Waals surface area contributed by atoms with Crippen LogP contribution in [0, 0.1) is 6.92 Å². The number of carbonyl (C=O) groups excluding carboxylic acids is 1. The van der Waals surface area contributed by atoms with Gasteiger partial charge in [-0.1, -0.05) is 19.4 Å². The second kappa shape index (κ2) is 5.36. The number of nitrogens with one attached hydrogen (secondary N) is 1. The summed E-state index contributed by atoms with van der Waals surface area (Å²) in [5, 5.41) is 2.53. The van der Waals surface area contributed by atoms with Crippen LogP contribution in [0.4, 0.5) is 10.5 Å². The summed E-state index contributed by atoms with van der Waals surface area (Å²) in [5.41, 5.74) is 3.16. The van der Waals surface area contributed by atoms with Crippen LogP contribution in [0.1, 0.15) is 24.5 Å². The number of amides is 1. The van der Waals surface area contributed by atoms with Gasteiger partial charge < -0.3 is 4.84 Å². The van der Waals surface area contributed by atoms with Gasteiger partial charge in [0.2, 0.25) is 0 Å². The smallest absolute Gasteiger partial charge is 0.357 e. The predicted molar refractivity (Wildman–Crippen MR) is 59.5 cm³/mol. The molecule has 3 N–H and O–H groups in total. The van der Waals surface area contributed by atoms with Gasteiger partial charge >= 0.3 is 6.09 Å². The first-order valence-corrected chi connectivity index (χ1v) is 4.94. The van der Waals surface area contributed by atoms with Crippen LogP contribution in [0.3, 0.4) is 0 Å². The quantitative estimate of drug-likeness (QED) is 0.749. The zero-order chi connectivity index (χ0) is 11.3. The Morgan fingerprint density at radius 1 is 1.53 bits per heavy atom. The van der Waals surface area contributed by atoms with E-state index in [0.29, 0.717) is 5.69 Å². The molecule has 0 heterocycles. The van der Waals surface area contributed by atoms with E-state index in [1.807, 2.05) is 18.2 Å². The van der Waals surface area contributed by atoms with Crippen LogP contribution in [-0.4, -0.2) is 6.09 Å². The highest BCUT2D eigenvalue weighted by molar-refractivity contribution is 5.84. The van der Waals surface area contributed by atoms with Crippen molar-refractivity contribution in [1.29, 1.82) is 0 Å². The Hall–Kier alpha value is -1.55. The van der Waals surface area contributed by atoms with E-state index in [2.05, 4.69) is 24.0 Å². The molecule has 0 atom stereocenters. The maximum atomic E-state index is 10.9. The van der Waals surface area contributed by atoms with E-state index in [1.54, 1.807) is 0 Å². The SMILES string of the molecule is CCCc1cc(NC(=O)ON)ccc1C. The van der Waals surface area contributed by atoms with Crippen molar-refractivity contribution in [3.63, 3.8) is 0 Å². The third-order valence-corrected chi connectivity index (χ3v) is 2.22. The molecule has 0 saturated carbocycles. The van der Waals surface area contributed by atoms with E-state index < -0.39 is 6.09 Å². The molecule has 0 fully saturated rings. The van der Waals surface area contributed by atoms with Gasteiger partial charge in [-0.05, 0) is 36.6 Å². The Morgan fingerprint density at radius 3 is 2.87 bits per heavy atom. The Labute approximate surface area is 89.4 Å². The van der Waals surface area contributed by atoms with Gasteiger partial charge in [0.05, 0.1) is 0 Å². The minimum Gasteiger partial charge on any atom is -0.357 e. The van der Waals surface area contributed by atoms with Crippen LogP contribution >= 0.6 is 0 Å². The van der Waals surface area contributed by atoms with Crippen LogP contribution in [0.5, 0.6) is 0 Å². The molecule has 0 aliphatic heterocycles. The molecule has 1 aromatic carbocycles. The van der Waals surface area contributed by atoms with Crippen LogP contribution in [0.15, 0.2) is 18.2 Å². The summed E-state index contributed by atoms with van der Waals surface area (Å²) in [6.45, 7) is 4.17. The molecule has 4 heteroatoms. The molecule has 0 aromatic heterocycles. The summed E-state index contributed by atoms with van der Waals surface area (Å²) < 4.78 is 0. The zero-order valence-corrected chi connectivity index (χ0v) is 9.04. The van der Waals surface area contributed by atoms with E-state index in [-0.39, 0.29) is 0 Å². The Balaban J connectivity index is 2.82. The highest BCUT2D eigenvalue weighted by Gasteiger charge is 2.03. The van der Waals surface area contributed by atoms with Gasteiger partial charge in [-0.2, -0.15) is 5.90 Å². The monoisotopic (exact) mass is 208 g/mol. The van der Waals surface area contributed by atoms with Gasteiger partial charge in [0.15, 0.2) is 0 Å². The molecule has 1 aromatic rings. The van der Waals surface area contributed by atoms with Gasteiger partial charge in [0.25, 0.3) is 0 Å². The van der Waals surface area contributed by atoms with Crippen molar-refractivity contribution in [3.05, 3.63) is 29.3 Å². The van der Waals surface area contributed by atoms with Gasteiger partial charge in [-0.25, -0.2) is 4.79 Å². The van der Waals surface area contributed by atoms with E-state index in [4.69, 9.17) is 5.90 Å². The highest BCUT2D eigenvalue weighted by Crippen LogP contribution is 2.16. The first kappa shape index (κ1) is 11.5. The molecule has 0 spiro atoms. The summed E-state index contributed by atoms with van der Waals surface area (Å²) in [5.74, 6) is 4.73. The maximum Gasteiger partial charge on any atom is 0.430 e. The molecule has 0 aliphatic rings. The third-order valence-electron chi connectivity index (χ3n) is 2.22. The third kappa shape index (κ3) is 3.25. The number of nitrogens with two attached hydrogens (primary N) is 1. The van der Waals surface area contributed by atoms with Gasteiger partial charge in [-0.15, -0.1) is 0 Å². The largest absolute Gasteiger partial charge is 0.430 e. The lowest BCUT2D eigenvalue weighted by Gasteiger charge is -2.08. The van der Waals surface area contributed by atoms with Crippen LogP contribution in [0.25, 0.3) is 0 Å². The molecule has 1 amide bonds. The standard InChI is InChI=1S/C11H16N2O2/c1-3-4-9-7-10(6-5-8(9)2)13-11(14)15-12/h5-7H,3-4,12H2,1-2H3,(H,13,14). The first-order valence-electron chi connectivity index (χ1n) is 4.94. The van der Waals surface area contributed by atoms with Gasteiger partial charge in [0.1, 0.15) is 0 Å². The summed E-state index contributed by atoms with van der Waals surface area (Å²) in [7, 11) is 0. The van der Waals surface area contributed by atoms with Crippen molar-refractivity contribution in [2.45, 2.75) is 26.7 Å². The Bertz CT molecular complexity index is 350. The van der Waals surface area contributed by atoms with Crippen molar-refractivity contribution in [1.82, 2.24) is 0 Å². The molecule has 15 heavy (non-hydrogen) atoms. The second-order valence-electron chi connectivity index (χ2n) is 3.42. The Morgan fingerprint density at radius 2 is 2.27 bits per heavy atom. The molecule has 4 nitrogen and oxygen atoms in total. The molecule has 82 valence electrons. The lowest BCUT2D eigenvalue weighted by molar-refractivity contribution is 0.163. The summed E-state index contributed by atoms with van der Waals surface area (Å²) in [6, 6.07) is 5.73. The fraction of sp³-hybridized carbons (Fsp3) is 0.364. The fourth-order valence-corrected chi connectivity index (χ4v) is 1.44. The van der Waals surface area contributed by atoms with Crippen molar-refractivity contribution in [2.75, 3.05) is 5.32 Å². The van der Waals surface area contributed by atoms with Crippen LogP contribution in [0.2, 0.25) is 0 Å². The molecule has 0 bridgehead atoms. The van der Waals surface area contributed by atoms with Crippen molar-refractivity contribution in [3.8, 4) is 0 Å². The fourth-order valence-electron chi connectivity index (χ4n) is 1.44. The molecule has 1 rings (SSSR count). The van der Waals surface area contributed by atoms with Crippen molar-refractivity contribution in [2.24, 2.45) is 5.90 Å². The number of anilines is 1. The number of hydrogen-bond donors (Lipinski definition) is 2. The molecular weight excluding hydrogens is 192 g/mol. The number of hydrogen-bond acceptors (Lipinski definition) is 3. The number of carbonyl (C=O) groups is 1. The highest BCUT2D eigenvalue weighted by atomic mass is 16.7. The minimum atomic E-state index is -0.652. The second-order valence-corrected chi connectivity index (χ2v) is 3.42. The summed E-state index contributed by atoms with van der Waals surface area (Å²) >= 11 is 0.